The van der Waals surface area contributed by atoms with Crippen molar-refractivity contribution in [3.05, 3.63) is 23.5 Å². The molecule has 1 heterocycles. The first-order valence-corrected chi connectivity index (χ1v) is 5.32. The average Bonchev–Trinajstić information content (AvgIpc) is 2.05. The van der Waals surface area contributed by atoms with Gasteiger partial charge in [-0.05, 0) is 12.1 Å². The lowest BCUT2D eigenvalue weighted by Crippen LogP contribution is -1.90. The van der Waals surface area contributed by atoms with E-state index in [0.29, 0.717) is 16.4 Å². The molecule has 0 unspecified atom stereocenters. The average molecular weight is 362 g/mol. The number of aromatic hydroxyl groups is 1. The van der Waals surface area contributed by atoms with Crippen LogP contribution in [-0.4, -0.2) is 10.1 Å². The fraction of sp³-hybridized carbons (Fsp3) is 0.286. The molecular formula is C7H8Br3NO. The van der Waals surface area contributed by atoms with Gasteiger partial charge in [0.1, 0.15) is 5.75 Å². The summed E-state index contributed by atoms with van der Waals surface area (Å²) in [5.74, 6) is 0.242. The van der Waals surface area contributed by atoms with Gasteiger partial charge in [-0.15, -0.1) is 17.0 Å². The highest BCUT2D eigenvalue weighted by molar-refractivity contribution is 9.08. The van der Waals surface area contributed by atoms with Gasteiger partial charge in [-0.3, -0.25) is 4.98 Å². The number of nitrogens with zero attached hydrogens (tertiary/aromatic N) is 1. The van der Waals surface area contributed by atoms with E-state index in [1.807, 2.05) is 0 Å². The molecule has 2 nitrogen and oxygen atoms in total. The van der Waals surface area contributed by atoms with E-state index in [0.717, 1.165) is 5.69 Å². The van der Waals surface area contributed by atoms with Crippen molar-refractivity contribution in [1.29, 1.82) is 0 Å². The second-order valence-corrected chi connectivity index (χ2v) is 3.16. The first-order valence-electron chi connectivity index (χ1n) is 3.07. The number of alkyl halides is 2. The molecule has 68 valence electrons. The van der Waals surface area contributed by atoms with Crippen LogP contribution in [0.2, 0.25) is 0 Å². The summed E-state index contributed by atoms with van der Waals surface area (Å²) in [4.78, 5) is 4.17. The molecule has 1 rings (SSSR count). The zero-order valence-corrected chi connectivity index (χ0v) is 11.0. The molecule has 0 fully saturated rings. The number of hydrogen-bond donors (Lipinski definition) is 1. The van der Waals surface area contributed by atoms with Gasteiger partial charge < -0.3 is 5.11 Å². The lowest BCUT2D eigenvalue weighted by molar-refractivity contribution is 0.467. The summed E-state index contributed by atoms with van der Waals surface area (Å²) < 4.78 is 0. The topological polar surface area (TPSA) is 33.1 Å². The Labute approximate surface area is 98.4 Å². The molecule has 1 aromatic heterocycles. The Kier molecular flexibility index (Phi) is 6.13. The van der Waals surface area contributed by atoms with E-state index in [-0.39, 0.29) is 22.7 Å². The van der Waals surface area contributed by atoms with Crippen molar-refractivity contribution < 1.29 is 5.11 Å². The van der Waals surface area contributed by atoms with Crippen LogP contribution in [0.4, 0.5) is 0 Å². The highest BCUT2D eigenvalue weighted by atomic mass is 79.9. The van der Waals surface area contributed by atoms with Crippen LogP contribution in [-0.2, 0) is 10.7 Å². The Balaban J connectivity index is 0.00000121. The fourth-order valence-corrected chi connectivity index (χ4v) is 1.44. The molecule has 1 aromatic rings. The van der Waals surface area contributed by atoms with Crippen molar-refractivity contribution >= 4 is 48.8 Å². The number of rotatable bonds is 2. The van der Waals surface area contributed by atoms with Crippen molar-refractivity contribution in [2.45, 2.75) is 10.7 Å². The molecule has 0 aromatic carbocycles. The van der Waals surface area contributed by atoms with Crippen molar-refractivity contribution in [1.82, 2.24) is 4.98 Å². The first-order chi connectivity index (χ1) is 5.27. The summed E-state index contributed by atoms with van der Waals surface area (Å²) >= 11 is 6.52. The molecule has 0 aliphatic heterocycles. The maximum Gasteiger partial charge on any atom is 0.137 e. The molecule has 0 radical (unpaired) electrons. The summed E-state index contributed by atoms with van der Waals surface area (Å²) in [6.07, 6.45) is 0. The highest BCUT2D eigenvalue weighted by Crippen LogP contribution is 2.18. The van der Waals surface area contributed by atoms with Gasteiger partial charge in [-0.25, -0.2) is 0 Å². The van der Waals surface area contributed by atoms with Gasteiger partial charge in [0.2, 0.25) is 0 Å². The highest BCUT2D eigenvalue weighted by Gasteiger charge is 2.01. The Morgan fingerprint density at radius 1 is 1.25 bits per heavy atom. The third-order valence-corrected chi connectivity index (χ3v) is 2.38. The molecule has 0 spiro atoms. The number of halogens is 3. The second-order valence-electron chi connectivity index (χ2n) is 2.04. The SMILES string of the molecule is Br.Oc1ccc(CBr)nc1CBr. The minimum atomic E-state index is 0. The largest absolute Gasteiger partial charge is 0.506 e. The van der Waals surface area contributed by atoms with Gasteiger partial charge >= 0.3 is 0 Å². The van der Waals surface area contributed by atoms with Crippen LogP contribution in [0, 0.1) is 0 Å². The summed E-state index contributed by atoms with van der Waals surface area (Å²) in [5.41, 5.74) is 1.61. The van der Waals surface area contributed by atoms with Crippen LogP contribution in [0.5, 0.6) is 5.75 Å². The van der Waals surface area contributed by atoms with Crippen LogP contribution in [0.15, 0.2) is 12.1 Å². The van der Waals surface area contributed by atoms with Gasteiger partial charge in [0, 0.05) is 10.7 Å². The van der Waals surface area contributed by atoms with Gasteiger partial charge in [0.05, 0.1) is 11.4 Å². The zero-order chi connectivity index (χ0) is 8.27. The molecule has 5 heteroatoms. The van der Waals surface area contributed by atoms with Crippen molar-refractivity contribution in [3.8, 4) is 5.75 Å². The maximum atomic E-state index is 9.22. The smallest absolute Gasteiger partial charge is 0.137 e. The maximum absolute atomic E-state index is 9.22. The lowest BCUT2D eigenvalue weighted by Gasteiger charge is -2.00. The van der Waals surface area contributed by atoms with E-state index in [1.165, 1.54) is 0 Å². The summed E-state index contributed by atoms with van der Waals surface area (Å²) in [6, 6.07) is 3.44. The quantitative estimate of drug-likeness (QED) is 0.821. The minimum absolute atomic E-state index is 0. The third-order valence-electron chi connectivity index (χ3n) is 1.27. The van der Waals surface area contributed by atoms with Crippen LogP contribution in [0.25, 0.3) is 0 Å². The number of pyridine rings is 1. The molecule has 0 atom stereocenters. The second kappa shape index (κ2) is 5.94. The van der Waals surface area contributed by atoms with Crippen LogP contribution in [0.1, 0.15) is 11.4 Å². The monoisotopic (exact) mass is 359 g/mol. The molecular weight excluding hydrogens is 354 g/mol. The lowest BCUT2D eigenvalue weighted by atomic mass is 10.3. The number of aromatic nitrogens is 1. The van der Waals surface area contributed by atoms with Gasteiger partial charge in [0.25, 0.3) is 0 Å². The predicted molar refractivity (Wildman–Crippen MR) is 61.5 cm³/mol. The minimum Gasteiger partial charge on any atom is -0.506 e. The third kappa shape index (κ3) is 3.03. The molecule has 0 bridgehead atoms. The Morgan fingerprint density at radius 3 is 2.42 bits per heavy atom. The zero-order valence-electron chi connectivity index (χ0n) is 6.13. The van der Waals surface area contributed by atoms with Crippen LogP contribution in [0.3, 0.4) is 0 Å². The first kappa shape index (κ1) is 12.4. The van der Waals surface area contributed by atoms with E-state index < -0.39 is 0 Å². The van der Waals surface area contributed by atoms with Crippen molar-refractivity contribution in [3.63, 3.8) is 0 Å². The number of hydrogen-bond acceptors (Lipinski definition) is 2. The summed E-state index contributed by atoms with van der Waals surface area (Å²) in [7, 11) is 0. The van der Waals surface area contributed by atoms with E-state index >= 15 is 0 Å². The molecule has 0 amide bonds. The molecule has 12 heavy (non-hydrogen) atoms. The van der Waals surface area contributed by atoms with Crippen molar-refractivity contribution in [2.24, 2.45) is 0 Å². The summed E-state index contributed by atoms with van der Waals surface area (Å²) in [5, 5.41) is 10.5. The van der Waals surface area contributed by atoms with Gasteiger partial charge in [-0.1, -0.05) is 31.9 Å². The Hall–Kier alpha value is 0.390. The Bertz CT molecular complexity index is 254. The van der Waals surface area contributed by atoms with Gasteiger partial charge in [-0.2, -0.15) is 0 Å². The van der Waals surface area contributed by atoms with Crippen LogP contribution >= 0.6 is 48.8 Å². The van der Waals surface area contributed by atoms with Gasteiger partial charge in [0.15, 0.2) is 0 Å². The Morgan fingerprint density at radius 2 is 1.92 bits per heavy atom. The van der Waals surface area contributed by atoms with E-state index in [9.17, 15) is 5.11 Å². The fourth-order valence-electron chi connectivity index (χ4n) is 0.712. The van der Waals surface area contributed by atoms with Crippen molar-refractivity contribution in [2.75, 3.05) is 0 Å². The molecule has 0 saturated heterocycles. The molecule has 0 saturated carbocycles. The van der Waals surface area contributed by atoms with E-state index in [2.05, 4.69) is 36.8 Å². The molecule has 0 aliphatic carbocycles. The van der Waals surface area contributed by atoms with E-state index in [1.54, 1.807) is 12.1 Å². The summed E-state index contributed by atoms with van der Waals surface area (Å²) in [6.45, 7) is 0. The van der Waals surface area contributed by atoms with E-state index in [4.69, 9.17) is 0 Å². The molecule has 0 aliphatic rings. The van der Waals surface area contributed by atoms with Crippen LogP contribution < -0.4 is 0 Å². The standard InChI is InChI=1S/C7H7Br2NO.BrH/c8-3-5-1-2-7(11)6(4-9)10-5;/h1-2,11H,3-4H2;1H. The molecule has 1 N–H and O–H groups in total. The predicted octanol–water partition coefficient (Wildman–Crippen LogP) is 3.15. The normalized spacial score (nSPS) is 9.17.